The summed E-state index contributed by atoms with van der Waals surface area (Å²) in [5, 5.41) is 1.98. The highest BCUT2D eigenvalue weighted by atomic mass is 19.4. The maximum absolute atomic E-state index is 12.4. The molecule has 1 aliphatic rings. The Balaban J connectivity index is 2.32. The minimum absolute atomic E-state index is 0.0317. The normalized spacial score (nSPS) is 18.7. The molecule has 3 nitrogen and oxygen atoms in total. The number of hydrogen-bond donors (Lipinski definition) is 1. The molecule has 0 aromatic rings. The van der Waals surface area contributed by atoms with E-state index in [1.807, 2.05) is 12.2 Å². The SMILES string of the molecule is CCCOCC(=O)NC1(C(F)(F)F)CC1. The molecule has 0 aliphatic heterocycles. The summed E-state index contributed by atoms with van der Waals surface area (Å²) in [7, 11) is 0. The first-order chi connectivity index (χ1) is 6.91. The minimum atomic E-state index is -4.35. The Bertz CT molecular complexity index is 236. The zero-order valence-electron chi connectivity index (χ0n) is 8.49. The summed E-state index contributed by atoms with van der Waals surface area (Å²) < 4.78 is 42.0. The van der Waals surface area contributed by atoms with Gasteiger partial charge in [0.05, 0.1) is 0 Å². The predicted octanol–water partition coefficient (Wildman–Crippen LogP) is 1.62. The fourth-order valence-electron chi connectivity index (χ4n) is 1.22. The molecule has 0 aromatic heterocycles. The Labute approximate surface area is 86.0 Å². The van der Waals surface area contributed by atoms with Crippen molar-refractivity contribution < 1.29 is 22.7 Å². The highest BCUT2D eigenvalue weighted by Crippen LogP contribution is 2.48. The average Bonchev–Trinajstić information content (AvgIpc) is 2.84. The van der Waals surface area contributed by atoms with Gasteiger partial charge in [-0.1, -0.05) is 6.92 Å². The molecular formula is C9H14F3NO2. The van der Waals surface area contributed by atoms with Crippen molar-refractivity contribution in [3.63, 3.8) is 0 Å². The standard InChI is InChI=1S/C9H14F3NO2/c1-2-5-15-6-7(14)13-8(3-4-8)9(10,11)12/h2-6H2,1H3,(H,13,14). The van der Waals surface area contributed by atoms with E-state index < -0.39 is 17.6 Å². The van der Waals surface area contributed by atoms with Crippen LogP contribution in [0.2, 0.25) is 0 Å². The molecule has 0 aromatic carbocycles. The number of carbonyl (C=O) groups excluding carboxylic acids is 1. The molecule has 0 heterocycles. The molecule has 0 spiro atoms. The number of rotatable bonds is 5. The summed E-state index contributed by atoms with van der Waals surface area (Å²) in [4.78, 5) is 11.1. The van der Waals surface area contributed by atoms with E-state index in [-0.39, 0.29) is 19.4 Å². The summed E-state index contributed by atoms with van der Waals surface area (Å²) in [6, 6.07) is 0. The lowest BCUT2D eigenvalue weighted by atomic mass is 10.2. The van der Waals surface area contributed by atoms with E-state index in [4.69, 9.17) is 4.74 Å². The quantitative estimate of drug-likeness (QED) is 0.722. The fraction of sp³-hybridized carbons (Fsp3) is 0.889. The van der Waals surface area contributed by atoms with Gasteiger partial charge in [0.15, 0.2) is 0 Å². The predicted molar refractivity (Wildman–Crippen MR) is 47.3 cm³/mol. The smallest absolute Gasteiger partial charge is 0.372 e. The van der Waals surface area contributed by atoms with Gasteiger partial charge in [-0.15, -0.1) is 0 Å². The molecule has 1 N–H and O–H groups in total. The van der Waals surface area contributed by atoms with Crippen LogP contribution in [0, 0.1) is 0 Å². The van der Waals surface area contributed by atoms with E-state index in [0.717, 1.165) is 6.42 Å². The van der Waals surface area contributed by atoms with Crippen molar-refractivity contribution in [3.8, 4) is 0 Å². The molecule has 1 rings (SSSR count). The number of hydrogen-bond acceptors (Lipinski definition) is 2. The first kappa shape index (κ1) is 12.3. The van der Waals surface area contributed by atoms with Gasteiger partial charge in [-0.2, -0.15) is 13.2 Å². The fourth-order valence-corrected chi connectivity index (χ4v) is 1.22. The summed E-state index contributed by atoms with van der Waals surface area (Å²) >= 11 is 0. The van der Waals surface area contributed by atoms with Gasteiger partial charge in [0.25, 0.3) is 0 Å². The maximum atomic E-state index is 12.4. The van der Waals surface area contributed by atoms with Crippen LogP contribution in [-0.2, 0) is 9.53 Å². The Kier molecular flexibility index (Phi) is 3.59. The third kappa shape index (κ3) is 3.09. The zero-order chi connectivity index (χ0) is 11.5. The van der Waals surface area contributed by atoms with Gasteiger partial charge >= 0.3 is 6.18 Å². The Morgan fingerprint density at radius 1 is 1.47 bits per heavy atom. The summed E-state index contributed by atoms with van der Waals surface area (Å²) in [5.41, 5.74) is -1.97. The second-order valence-corrected chi connectivity index (χ2v) is 3.68. The van der Waals surface area contributed by atoms with E-state index in [1.165, 1.54) is 0 Å². The number of halogens is 3. The third-order valence-electron chi connectivity index (χ3n) is 2.25. The van der Waals surface area contributed by atoms with Crippen LogP contribution >= 0.6 is 0 Å². The lowest BCUT2D eigenvalue weighted by molar-refractivity contribution is -0.171. The van der Waals surface area contributed by atoms with Crippen molar-refractivity contribution in [1.82, 2.24) is 5.32 Å². The van der Waals surface area contributed by atoms with Gasteiger partial charge in [-0.25, -0.2) is 0 Å². The molecule has 15 heavy (non-hydrogen) atoms. The van der Waals surface area contributed by atoms with Gasteiger partial charge in [-0.3, -0.25) is 4.79 Å². The largest absolute Gasteiger partial charge is 0.411 e. The van der Waals surface area contributed by atoms with Crippen LogP contribution < -0.4 is 5.32 Å². The monoisotopic (exact) mass is 225 g/mol. The van der Waals surface area contributed by atoms with Gasteiger partial charge in [0.1, 0.15) is 12.1 Å². The van der Waals surface area contributed by atoms with Crippen LogP contribution in [0.25, 0.3) is 0 Å². The Hall–Kier alpha value is -0.780. The molecule has 0 bridgehead atoms. The van der Waals surface area contributed by atoms with Crippen molar-refractivity contribution in [1.29, 1.82) is 0 Å². The second kappa shape index (κ2) is 4.38. The van der Waals surface area contributed by atoms with E-state index in [2.05, 4.69) is 0 Å². The van der Waals surface area contributed by atoms with Crippen LogP contribution in [0.15, 0.2) is 0 Å². The highest BCUT2D eigenvalue weighted by molar-refractivity contribution is 5.78. The van der Waals surface area contributed by atoms with Gasteiger partial charge in [0, 0.05) is 6.61 Å². The first-order valence-electron chi connectivity index (χ1n) is 4.87. The van der Waals surface area contributed by atoms with Gasteiger partial charge < -0.3 is 10.1 Å². The molecule has 88 valence electrons. The maximum Gasteiger partial charge on any atom is 0.411 e. The lowest BCUT2D eigenvalue weighted by Crippen LogP contribution is -2.49. The summed E-state index contributed by atoms with van der Waals surface area (Å²) in [5.74, 6) is -0.696. The zero-order valence-corrected chi connectivity index (χ0v) is 8.49. The second-order valence-electron chi connectivity index (χ2n) is 3.68. The molecule has 6 heteroatoms. The number of alkyl halides is 3. The summed E-state index contributed by atoms with van der Waals surface area (Å²) in [6.45, 7) is 1.94. The lowest BCUT2D eigenvalue weighted by Gasteiger charge is -2.20. The molecule has 0 saturated heterocycles. The van der Waals surface area contributed by atoms with E-state index in [9.17, 15) is 18.0 Å². The molecular weight excluding hydrogens is 211 g/mol. The van der Waals surface area contributed by atoms with Crippen molar-refractivity contribution in [3.05, 3.63) is 0 Å². The highest BCUT2D eigenvalue weighted by Gasteiger charge is 2.64. The molecule has 1 saturated carbocycles. The number of amides is 1. The van der Waals surface area contributed by atoms with Crippen LogP contribution in [0.5, 0.6) is 0 Å². The van der Waals surface area contributed by atoms with Gasteiger partial charge in [0.2, 0.25) is 5.91 Å². The molecule has 1 fully saturated rings. The first-order valence-corrected chi connectivity index (χ1v) is 4.87. The van der Waals surface area contributed by atoms with Crippen LogP contribution in [0.4, 0.5) is 13.2 Å². The van der Waals surface area contributed by atoms with Crippen LogP contribution in [-0.4, -0.2) is 30.8 Å². The van der Waals surface area contributed by atoms with E-state index in [1.54, 1.807) is 0 Å². The molecule has 1 aliphatic carbocycles. The van der Waals surface area contributed by atoms with Crippen LogP contribution in [0.1, 0.15) is 26.2 Å². The summed E-state index contributed by atoms with van der Waals surface area (Å²) in [6.07, 6.45) is -3.68. The number of nitrogens with one attached hydrogen (secondary N) is 1. The van der Waals surface area contributed by atoms with E-state index >= 15 is 0 Å². The molecule has 0 unspecified atom stereocenters. The molecule has 0 atom stereocenters. The topological polar surface area (TPSA) is 38.3 Å². The van der Waals surface area contributed by atoms with E-state index in [0.29, 0.717) is 6.61 Å². The van der Waals surface area contributed by atoms with Crippen LogP contribution in [0.3, 0.4) is 0 Å². The Morgan fingerprint density at radius 2 is 2.07 bits per heavy atom. The van der Waals surface area contributed by atoms with Crippen molar-refractivity contribution in [2.24, 2.45) is 0 Å². The third-order valence-corrected chi connectivity index (χ3v) is 2.25. The van der Waals surface area contributed by atoms with Crippen molar-refractivity contribution in [2.75, 3.05) is 13.2 Å². The Morgan fingerprint density at radius 3 is 2.47 bits per heavy atom. The number of carbonyl (C=O) groups is 1. The van der Waals surface area contributed by atoms with Crippen molar-refractivity contribution >= 4 is 5.91 Å². The minimum Gasteiger partial charge on any atom is -0.372 e. The molecule has 1 amide bonds. The molecule has 0 radical (unpaired) electrons. The number of ether oxygens (including phenoxy) is 1. The average molecular weight is 225 g/mol. The van der Waals surface area contributed by atoms with Crippen molar-refractivity contribution in [2.45, 2.75) is 37.9 Å². The van der Waals surface area contributed by atoms with Gasteiger partial charge in [-0.05, 0) is 19.3 Å².